The highest BCUT2D eigenvalue weighted by Gasteiger charge is 2.19. The van der Waals surface area contributed by atoms with Gasteiger partial charge in [0.05, 0.1) is 0 Å². The zero-order valence-electron chi connectivity index (χ0n) is 7.39. The molecule has 0 spiro atoms. The SMILES string of the molecule is NCC1CCN(c2nnns2)CC1. The summed E-state index contributed by atoms with van der Waals surface area (Å²) in [6, 6.07) is 0. The van der Waals surface area contributed by atoms with Crippen LogP contribution < -0.4 is 10.6 Å². The summed E-state index contributed by atoms with van der Waals surface area (Å²) < 4.78 is 3.75. The van der Waals surface area contributed by atoms with Crippen LogP contribution in [-0.4, -0.2) is 34.4 Å². The maximum Gasteiger partial charge on any atom is 0.227 e. The predicted octanol–water partition coefficient (Wildman–Crippen LogP) is 0.108. The second kappa shape index (κ2) is 3.97. The van der Waals surface area contributed by atoms with Crippen LogP contribution in [0.4, 0.5) is 5.13 Å². The number of hydrogen-bond acceptors (Lipinski definition) is 6. The van der Waals surface area contributed by atoms with E-state index in [1.807, 2.05) is 0 Å². The molecule has 0 atom stereocenters. The van der Waals surface area contributed by atoms with E-state index in [-0.39, 0.29) is 0 Å². The summed E-state index contributed by atoms with van der Waals surface area (Å²) >= 11 is 1.36. The lowest BCUT2D eigenvalue weighted by Crippen LogP contribution is -2.35. The smallest absolute Gasteiger partial charge is 0.227 e. The Morgan fingerprint density at radius 3 is 2.77 bits per heavy atom. The average molecular weight is 199 g/mol. The highest BCUT2D eigenvalue weighted by Crippen LogP contribution is 2.22. The van der Waals surface area contributed by atoms with Gasteiger partial charge in [-0.15, -0.1) is 0 Å². The monoisotopic (exact) mass is 199 g/mol. The molecule has 0 saturated carbocycles. The van der Waals surface area contributed by atoms with E-state index in [0.29, 0.717) is 5.92 Å². The molecule has 0 aliphatic carbocycles. The molecule has 1 fully saturated rings. The van der Waals surface area contributed by atoms with Gasteiger partial charge in [0.25, 0.3) is 0 Å². The van der Waals surface area contributed by atoms with Gasteiger partial charge < -0.3 is 10.6 Å². The minimum Gasteiger partial charge on any atom is -0.345 e. The Balaban J connectivity index is 1.92. The number of piperidine rings is 1. The fraction of sp³-hybridized carbons (Fsp3) is 0.857. The van der Waals surface area contributed by atoms with Crippen molar-refractivity contribution in [2.75, 3.05) is 24.5 Å². The Labute approximate surface area is 81.1 Å². The Bertz CT molecular complexity index is 241. The highest BCUT2D eigenvalue weighted by molar-refractivity contribution is 7.09. The molecule has 1 aromatic heterocycles. The van der Waals surface area contributed by atoms with Crippen molar-refractivity contribution in [3.8, 4) is 0 Å². The molecule has 0 amide bonds. The van der Waals surface area contributed by atoms with Gasteiger partial charge in [-0.05, 0) is 30.5 Å². The molecule has 0 unspecified atom stereocenters. The number of rotatable bonds is 2. The zero-order chi connectivity index (χ0) is 9.10. The Morgan fingerprint density at radius 2 is 2.23 bits per heavy atom. The lowest BCUT2D eigenvalue weighted by Gasteiger charge is -2.30. The summed E-state index contributed by atoms with van der Waals surface area (Å²) in [4.78, 5) is 2.23. The van der Waals surface area contributed by atoms with Gasteiger partial charge in [-0.2, -0.15) is 0 Å². The molecule has 2 rings (SSSR count). The van der Waals surface area contributed by atoms with E-state index < -0.39 is 0 Å². The van der Waals surface area contributed by atoms with Crippen molar-refractivity contribution in [1.29, 1.82) is 0 Å². The van der Waals surface area contributed by atoms with Gasteiger partial charge >= 0.3 is 0 Å². The molecule has 0 bridgehead atoms. The van der Waals surface area contributed by atoms with Crippen molar-refractivity contribution >= 4 is 16.7 Å². The Morgan fingerprint density at radius 1 is 1.46 bits per heavy atom. The van der Waals surface area contributed by atoms with Crippen LogP contribution in [0.25, 0.3) is 0 Å². The molecule has 5 nitrogen and oxygen atoms in total. The zero-order valence-corrected chi connectivity index (χ0v) is 8.20. The lowest BCUT2D eigenvalue weighted by molar-refractivity contribution is 0.414. The summed E-state index contributed by atoms with van der Waals surface area (Å²) in [6.45, 7) is 2.89. The van der Waals surface area contributed by atoms with Crippen molar-refractivity contribution in [1.82, 2.24) is 14.8 Å². The van der Waals surface area contributed by atoms with E-state index in [2.05, 4.69) is 19.7 Å². The van der Waals surface area contributed by atoms with Gasteiger partial charge in [-0.3, -0.25) is 0 Å². The third kappa shape index (κ3) is 1.94. The fourth-order valence-corrected chi connectivity index (χ4v) is 2.13. The molecule has 0 radical (unpaired) electrons. The van der Waals surface area contributed by atoms with E-state index >= 15 is 0 Å². The molecule has 1 aromatic rings. The summed E-state index contributed by atoms with van der Waals surface area (Å²) in [7, 11) is 0. The first-order valence-corrected chi connectivity index (χ1v) is 5.27. The summed E-state index contributed by atoms with van der Waals surface area (Å²) in [5.41, 5.74) is 5.61. The van der Waals surface area contributed by atoms with E-state index in [1.165, 1.54) is 11.5 Å². The lowest BCUT2D eigenvalue weighted by atomic mass is 9.98. The van der Waals surface area contributed by atoms with Crippen LogP contribution in [0.15, 0.2) is 0 Å². The summed E-state index contributed by atoms with van der Waals surface area (Å²) in [5.74, 6) is 0.692. The number of anilines is 1. The third-order valence-electron chi connectivity index (χ3n) is 2.51. The number of nitrogens with zero attached hydrogens (tertiary/aromatic N) is 4. The second-order valence-corrected chi connectivity index (χ2v) is 4.02. The van der Waals surface area contributed by atoms with E-state index in [4.69, 9.17) is 5.73 Å². The summed E-state index contributed by atoms with van der Waals surface area (Å²) in [6.07, 6.45) is 2.33. The van der Waals surface area contributed by atoms with Crippen molar-refractivity contribution in [2.24, 2.45) is 11.7 Å². The third-order valence-corrected chi connectivity index (χ3v) is 3.17. The molecule has 1 aliphatic heterocycles. The normalized spacial score (nSPS) is 19.3. The van der Waals surface area contributed by atoms with Gasteiger partial charge in [0.15, 0.2) is 0 Å². The number of nitrogens with two attached hydrogens (primary N) is 1. The average Bonchev–Trinajstić information content (AvgIpc) is 2.71. The van der Waals surface area contributed by atoms with Crippen molar-refractivity contribution in [2.45, 2.75) is 12.8 Å². The first kappa shape index (κ1) is 8.83. The van der Waals surface area contributed by atoms with Gasteiger partial charge in [-0.1, -0.05) is 9.59 Å². The maximum atomic E-state index is 5.61. The second-order valence-electron chi connectivity index (χ2n) is 3.31. The summed E-state index contributed by atoms with van der Waals surface area (Å²) in [5, 5.41) is 8.47. The largest absolute Gasteiger partial charge is 0.345 e. The van der Waals surface area contributed by atoms with Gasteiger partial charge in [0.1, 0.15) is 0 Å². The van der Waals surface area contributed by atoms with Gasteiger partial charge in [0.2, 0.25) is 5.13 Å². The van der Waals surface area contributed by atoms with Crippen LogP contribution in [0.1, 0.15) is 12.8 Å². The highest BCUT2D eigenvalue weighted by atomic mass is 32.1. The molecule has 1 aliphatic rings. The topological polar surface area (TPSA) is 67.9 Å². The van der Waals surface area contributed by atoms with Crippen molar-refractivity contribution in [3.63, 3.8) is 0 Å². The van der Waals surface area contributed by atoms with Crippen molar-refractivity contribution < 1.29 is 0 Å². The minimum absolute atomic E-state index is 0.692. The van der Waals surface area contributed by atoms with E-state index in [1.54, 1.807) is 0 Å². The molecule has 72 valence electrons. The molecule has 2 heterocycles. The van der Waals surface area contributed by atoms with Gasteiger partial charge in [0, 0.05) is 24.6 Å². The fourth-order valence-electron chi connectivity index (χ4n) is 1.61. The Kier molecular flexibility index (Phi) is 2.70. The number of aromatic nitrogens is 3. The minimum atomic E-state index is 0.692. The standard InChI is InChI=1S/C7H13N5S/c8-5-6-1-3-12(4-2-6)7-9-10-11-13-7/h6H,1-5,8H2. The predicted molar refractivity (Wildman–Crippen MR) is 51.7 cm³/mol. The van der Waals surface area contributed by atoms with Crippen LogP contribution in [0, 0.1) is 5.92 Å². The molecule has 2 N–H and O–H groups in total. The maximum absolute atomic E-state index is 5.61. The molecular formula is C7H13N5S. The molecule has 13 heavy (non-hydrogen) atoms. The molecular weight excluding hydrogens is 186 g/mol. The van der Waals surface area contributed by atoms with Crippen LogP contribution in [0.5, 0.6) is 0 Å². The van der Waals surface area contributed by atoms with Gasteiger partial charge in [-0.25, -0.2) is 0 Å². The van der Waals surface area contributed by atoms with Crippen LogP contribution in [0.3, 0.4) is 0 Å². The number of hydrogen-bond donors (Lipinski definition) is 1. The van der Waals surface area contributed by atoms with E-state index in [0.717, 1.165) is 37.6 Å². The first-order valence-electron chi connectivity index (χ1n) is 4.50. The van der Waals surface area contributed by atoms with Crippen LogP contribution >= 0.6 is 11.5 Å². The van der Waals surface area contributed by atoms with E-state index in [9.17, 15) is 0 Å². The van der Waals surface area contributed by atoms with Crippen LogP contribution in [-0.2, 0) is 0 Å². The van der Waals surface area contributed by atoms with Crippen LogP contribution in [0.2, 0.25) is 0 Å². The van der Waals surface area contributed by atoms with Crippen molar-refractivity contribution in [3.05, 3.63) is 0 Å². The first-order chi connectivity index (χ1) is 6.40. The quantitative estimate of drug-likeness (QED) is 0.732. The molecule has 1 saturated heterocycles. The molecule has 6 heteroatoms. The Hall–Kier alpha value is -0.750. The molecule has 0 aromatic carbocycles.